The molecular formula is C15H16O4S. The van der Waals surface area contributed by atoms with Gasteiger partial charge in [-0.05, 0) is 36.4 Å². The van der Waals surface area contributed by atoms with Crippen LogP contribution in [0, 0.1) is 0 Å². The molecule has 106 valence electrons. The molecule has 20 heavy (non-hydrogen) atoms. The highest BCUT2D eigenvalue weighted by Gasteiger charge is 2.08. The molecule has 0 aliphatic rings. The van der Waals surface area contributed by atoms with Crippen molar-refractivity contribution in [3.05, 3.63) is 48.5 Å². The Labute approximate surface area is 121 Å². The second kappa shape index (κ2) is 7.07. The molecule has 0 aliphatic carbocycles. The maximum absolute atomic E-state index is 9.84. The van der Waals surface area contributed by atoms with E-state index in [1.807, 2.05) is 0 Å². The van der Waals surface area contributed by atoms with Crippen molar-refractivity contribution in [3.8, 4) is 17.2 Å². The zero-order valence-corrected chi connectivity index (χ0v) is 11.6. The van der Waals surface area contributed by atoms with Gasteiger partial charge in [0.15, 0.2) is 11.5 Å². The lowest BCUT2D eigenvalue weighted by Gasteiger charge is -2.12. The van der Waals surface area contributed by atoms with E-state index in [0.29, 0.717) is 11.5 Å². The lowest BCUT2D eigenvalue weighted by atomic mass is 10.3. The number of benzene rings is 2. The van der Waals surface area contributed by atoms with Crippen molar-refractivity contribution >= 4 is 11.8 Å². The molecule has 0 saturated heterocycles. The highest BCUT2D eigenvalue weighted by atomic mass is 32.2. The first-order valence-electron chi connectivity index (χ1n) is 6.16. The van der Waals surface area contributed by atoms with E-state index in [0.717, 1.165) is 4.90 Å². The van der Waals surface area contributed by atoms with Gasteiger partial charge < -0.3 is 20.1 Å². The first-order valence-corrected chi connectivity index (χ1v) is 7.14. The number of ether oxygens (including phenoxy) is 1. The number of rotatable bonds is 6. The number of aliphatic hydroxyl groups is 1. The van der Waals surface area contributed by atoms with E-state index in [4.69, 9.17) is 9.84 Å². The van der Waals surface area contributed by atoms with E-state index in [9.17, 15) is 10.2 Å². The first-order chi connectivity index (χ1) is 9.65. The molecule has 0 heterocycles. The van der Waals surface area contributed by atoms with Crippen LogP contribution in [0.4, 0.5) is 0 Å². The normalized spacial score (nSPS) is 12.1. The van der Waals surface area contributed by atoms with Crippen LogP contribution in [0.2, 0.25) is 0 Å². The van der Waals surface area contributed by atoms with Crippen molar-refractivity contribution in [1.29, 1.82) is 0 Å². The summed E-state index contributed by atoms with van der Waals surface area (Å²) in [4.78, 5) is 0.962. The van der Waals surface area contributed by atoms with Gasteiger partial charge in [0.05, 0.1) is 6.10 Å². The summed E-state index contributed by atoms with van der Waals surface area (Å²) in [6.45, 7) is 0.114. The minimum absolute atomic E-state index is 0.0610. The number of phenols is 2. The second-order valence-corrected chi connectivity index (χ2v) is 5.33. The Balaban J connectivity index is 1.77. The second-order valence-electron chi connectivity index (χ2n) is 4.24. The van der Waals surface area contributed by atoms with Gasteiger partial charge >= 0.3 is 0 Å². The van der Waals surface area contributed by atoms with Gasteiger partial charge in [0, 0.05) is 10.6 Å². The van der Waals surface area contributed by atoms with Gasteiger partial charge in [-0.2, -0.15) is 0 Å². The van der Waals surface area contributed by atoms with Crippen molar-refractivity contribution in [2.75, 3.05) is 12.4 Å². The predicted octanol–water partition coefficient (Wildman–Crippen LogP) is 2.63. The molecule has 2 rings (SSSR count). The summed E-state index contributed by atoms with van der Waals surface area (Å²) < 4.78 is 5.35. The van der Waals surface area contributed by atoms with E-state index in [1.54, 1.807) is 42.5 Å². The fourth-order valence-corrected chi connectivity index (χ4v) is 2.36. The molecule has 0 amide bonds. The van der Waals surface area contributed by atoms with Crippen LogP contribution >= 0.6 is 11.8 Å². The topological polar surface area (TPSA) is 69.9 Å². The molecule has 2 aromatic carbocycles. The van der Waals surface area contributed by atoms with Crippen LogP contribution in [0.5, 0.6) is 17.2 Å². The Kier molecular flexibility index (Phi) is 5.15. The maximum Gasteiger partial charge on any atom is 0.161 e. The van der Waals surface area contributed by atoms with Crippen molar-refractivity contribution in [1.82, 2.24) is 0 Å². The van der Waals surface area contributed by atoms with Crippen molar-refractivity contribution < 1.29 is 20.1 Å². The van der Waals surface area contributed by atoms with Gasteiger partial charge in [0.25, 0.3) is 0 Å². The fourth-order valence-electron chi connectivity index (χ4n) is 1.55. The molecule has 2 aromatic rings. The van der Waals surface area contributed by atoms with Gasteiger partial charge in [0.2, 0.25) is 0 Å². The van der Waals surface area contributed by atoms with Gasteiger partial charge in [0.1, 0.15) is 12.4 Å². The van der Waals surface area contributed by atoms with E-state index >= 15 is 0 Å². The highest BCUT2D eigenvalue weighted by molar-refractivity contribution is 7.99. The van der Waals surface area contributed by atoms with Gasteiger partial charge in [-0.15, -0.1) is 11.8 Å². The van der Waals surface area contributed by atoms with Gasteiger partial charge in [-0.1, -0.05) is 12.1 Å². The fraction of sp³-hybridized carbons (Fsp3) is 0.200. The Morgan fingerprint density at radius 1 is 1.00 bits per heavy atom. The van der Waals surface area contributed by atoms with Crippen LogP contribution in [0.15, 0.2) is 53.4 Å². The largest absolute Gasteiger partial charge is 0.508 e. The average molecular weight is 292 g/mol. The monoisotopic (exact) mass is 292 g/mol. The average Bonchev–Trinajstić information content (AvgIpc) is 2.46. The number of aliphatic hydroxyl groups excluding tert-OH is 1. The van der Waals surface area contributed by atoms with E-state index < -0.39 is 6.10 Å². The lowest BCUT2D eigenvalue weighted by Crippen LogP contribution is -2.20. The first kappa shape index (κ1) is 14.6. The number of hydrogen-bond donors (Lipinski definition) is 3. The predicted molar refractivity (Wildman–Crippen MR) is 78.4 cm³/mol. The Bertz CT molecular complexity index is 542. The van der Waals surface area contributed by atoms with Crippen molar-refractivity contribution in [2.45, 2.75) is 11.0 Å². The Morgan fingerprint density at radius 3 is 2.40 bits per heavy atom. The molecule has 4 nitrogen and oxygen atoms in total. The lowest BCUT2D eigenvalue weighted by molar-refractivity contribution is 0.124. The molecule has 0 saturated carbocycles. The van der Waals surface area contributed by atoms with Crippen LogP contribution in [-0.2, 0) is 0 Å². The SMILES string of the molecule is Oc1ccc(SCC(O)COc2ccccc2O)cc1. The number of hydrogen-bond acceptors (Lipinski definition) is 5. The molecule has 0 spiro atoms. The number of aromatic hydroxyl groups is 2. The minimum Gasteiger partial charge on any atom is -0.508 e. The molecule has 1 unspecified atom stereocenters. The van der Waals surface area contributed by atoms with Crippen LogP contribution in [0.25, 0.3) is 0 Å². The molecule has 1 atom stereocenters. The smallest absolute Gasteiger partial charge is 0.161 e. The summed E-state index contributed by atoms with van der Waals surface area (Å²) in [6.07, 6.45) is -0.645. The number of phenolic OH excluding ortho intramolecular Hbond substituents is 2. The highest BCUT2D eigenvalue weighted by Crippen LogP contribution is 2.25. The Hall–Kier alpha value is -1.85. The van der Waals surface area contributed by atoms with Crippen LogP contribution in [0.3, 0.4) is 0 Å². The van der Waals surface area contributed by atoms with Crippen LogP contribution in [0.1, 0.15) is 0 Å². The molecule has 0 aliphatic heterocycles. The molecular weight excluding hydrogens is 276 g/mol. The van der Waals surface area contributed by atoms with Crippen LogP contribution in [-0.4, -0.2) is 33.8 Å². The van der Waals surface area contributed by atoms with Crippen molar-refractivity contribution in [3.63, 3.8) is 0 Å². The van der Waals surface area contributed by atoms with E-state index in [1.165, 1.54) is 17.8 Å². The molecule has 0 fully saturated rings. The third kappa shape index (κ3) is 4.36. The molecule has 3 N–H and O–H groups in total. The zero-order valence-electron chi connectivity index (χ0n) is 10.8. The number of para-hydroxylation sites is 2. The molecule has 0 radical (unpaired) electrons. The summed E-state index contributed by atoms with van der Waals surface area (Å²) in [7, 11) is 0. The van der Waals surface area contributed by atoms with Crippen LogP contribution < -0.4 is 4.74 Å². The summed E-state index contributed by atoms with van der Waals surface area (Å²) in [6, 6.07) is 13.4. The van der Waals surface area contributed by atoms with E-state index in [2.05, 4.69) is 0 Å². The third-order valence-electron chi connectivity index (χ3n) is 2.58. The minimum atomic E-state index is -0.645. The van der Waals surface area contributed by atoms with Gasteiger partial charge in [-0.25, -0.2) is 0 Å². The maximum atomic E-state index is 9.84. The third-order valence-corrected chi connectivity index (χ3v) is 3.73. The van der Waals surface area contributed by atoms with Crippen molar-refractivity contribution in [2.24, 2.45) is 0 Å². The summed E-state index contributed by atoms with van der Waals surface area (Å²) >= 11 is 1.47. The quantitative estimate of drug-likeness (QED) is 0.714. The Morgan fingerprint density at radius 2 is 1.70 bits per heavy atom. The summed E-state index contributed by atoms with van der Waals surface area (Å²) in [5.74, 6) is 1.11. The molecule has 0 aromatic heterocycles. The van der Waals surface area contributed by atoms with E-state index in [-0.39, 0.29) is 18.1 Å². The summed E-state index contributed by atoms with van der Waals surface area (Å²) in [5, 5.41) is 28.5. The standard InChI is InChI=1S/C15H16O4S/c16-11-5-7-13(8-6-11)20-10-12(17)9-19-15-4-2-1-3-14(15)18/h1-8,12,16-18H,9-10H2. The zero-order chi connectivity index (χ0) is 14.4. The number of thioether (sulfide) groups is 1. The summed E-state index contributed by atoms with van der Waals surface area (Å²) in [5.41, 5.74) is 0. The van der Waals surface area contributed by atoms with Gasteiger partial charge in [-0.3, -0.25) is 0 Å². The molecule has 5 heteroatoms. The molecule has 0 bridgehead atoms.